The molecule has 0 saturated heterocycles. The van der Waals surface area contributed by atoms with Crippen molar-refractivity contribution in [2.45, 2.75) is 26.7 Å². The third-order valence-electron chi connectivity index (χ3n) is 4.37. The molecule has 4 rings (SSSR count). The monoisotopic (exact) mass is 377 g/mol. The summed E-state index contributed by atoms with van der Waals surface area (Å²) in [5, 5.41) is 9.58. The van der Waals surface area contributed by atoms with Gasteiger partial charge in [0.15, 0.2) is 5.65 Å². The maximum absolute atomic E-state index is 12.7. The summed E-state index contributed by atoms with van der Waals surface area (Å²) in [6.07, 6.45) is 3.13. The summed E-state index contributed by atoms with van der Waals surface area (Å²) in [5.74, 6) is 0.365. The Morgan fingerprint density at radius 3 is 2.75 bits per heavy atom. The maximum atomic E-state index is 12.7. The summed E-state index contributed by atoms with van der Waals surface area (Å²) in [6, 6.07) is 10.6. The van der Waals surface area contributed by atoms with E-state index in [2.05, 4.69) is 20.6 Å². The van der Waals surface area contributed by atoms with Gasteiger partial charge in [-0.1, -0.05) is 29.8 Å². The lowest BCUT2D eigenvalue weighted by Gasteiger charge is -2.04. The van der Waals surface area contributed by atoms with Gasteiger partial charge in [-0.15, -0.1) is 0 Å². The number of rotatable bonds is 5. The molecule has 2 N–H and O–H groups in total. The van der Waals surface area contributed by atoms with E-state index in [4.69, 9.17) is 4.52 Å². The summed E-state index contributed by atoms with van der Waals surface area (Å²) in [5.41, 5.74) is 2.74. The Kier molecular flexibility index (Phi) is 4.52. The lowest BCUT2D eigenvalue weighted by atomic mass is 10.2. The van der Waals surface area contributed by atoms with Crippen molar-refractivity contribution in [3.8, 4) is 11.4 Å². The van der Waals surface area contributed by atoms with Gasteiger partial charge in [-0.3, -0.25) is 14.7 Å². The van der Waals surface area contributed by atoms with E-state index in [1.54, 1.807) is 6.07 Å². The van der Waals surface area contributed by atoms with Gasteiger partial charge in [-0.2, -0.15) is 0 Å². The molecule has 8 heteroatoms. The Labute approximate surface area is 160 Å². The number of aryl methyl sites for hydroxylation is 2. The van der Waals surface area contributed by atoms with Crippen molar-refractivity contribution in [3.05, 3.63) is 69.8 Å². The Hall–Kier alpha value is -3.68. The van der Waals surface area contributed by atoms with Crippen molar-refractivity contribution < 1.29 is 9.32 Å². The molecule has 0 saturated carbocycles. The highest BCUT2D eigenvalue weighted by atomic mass is 16.5. The Morgan fingerprint density at radius 2 is 2.00 bits per heavy atom. The number of hydrogen-bond acceptors (Lipinski definition) is 5. The van der Waals surface area contributed by atoms with Crippen LogP contribution in [0.15, 0.2) is 51.9 Å². The number of fused-ring (bicyclic) bond motifs is 1. The van der Waals surface area contributed by atoms with E-state index in [1.807, 2.05) is 38.1 Å². The molecule has 28 heavy (non-hydrogen) atoms. The van der Waals surface area contributed by atoms with Gasteiger partial charge in [-0.05, 0) is 25.5 Å². The van der Waals surface area contributed by atoms with Crippen molar-refractivity contribution in [2.24, 2.45) is 0 Å². The minimum absolute atomic E-state index is 0.229. The molecule has 0 fully saturated rings. The number of carbonyl (C=O) groups excluding carboxylic acids is 1. The molecule has 3 heterocycles. The molecule has 1 amide bonds. The SMILES string of the molecule is CCCc1cc(-c2cc(=O)n3[nH]cc(C(=O)Nc4ccc(C)cc4)c3n2)no1. The molecule has 4 aromatic rings. The Balaban J connectivity index is 1.71. The van der Waals surface area contributed by atoms with Crippen LogP contribution in [0.3, 0.4) is 0 Å². The van der Waals surface area contributed by atoms with Crippen LogP contribution in [0.2, 0.25) is 0 Å². The lowest BCUT2D eigenvalue weighted by molar-refractivity contribution is 0.102. The lowest BCUT2D eigenvalue weighted by Crippen LogP contribution is -2.16. The Morgan fingerprint density at radius 1 is 1.21 bits per heavy atom. The highest BCUT2D eigenvalue weighted by molar-refractivity contribution is 6.08. The predicted molar refractivity (Wildman–Crippen MR) is 104 cm³/mol. The van der Waals surface area contributed by atoms with Crippen LogP contribution >= 0.6 is 0 Å². The molecule has 0 atom stereocenters. The molecular weight excluding hydrogens is 358 g/mol. The zero-order chi connectivity index (χ0) is 19.7. The smallest absolute Gasteiger partial charge is 0.273 e. The van der Waals surface area contributed by atoms with Gasteiger partial charge in [-0.25, -0.2) is 9.50 Å². The number of nitrogens with one attached hydrogen (secondary N) is 2. The van der Waals surface area contributed by atoms with E-state index in [1.165, 1.54) is 16.8 Å². The zero-order valence-corrected chi connectivity index (χ0v) is 15.5. The maximum Gasteiger partial charge on any atom is 0.273 e. The third-order valence-corrected chi connectivity index (χ3v) is 4.37. The molecule has 0 aliphatic heterocycles. The molecule has 1 aromatic carbocycles. The van der Waals surface area contributed by atoms with Crippen LogP contribution in [0.25, 0.3) is 17.0 Å². The van der Waals surface area contributed by atoms with Crippen LogP contribution < -0.4 is 10.9 Å². The van der Waals surface area contributed by atoms with Crippen LogP contribution in [0, 0.1) is 6.92 Å². The van der Waals surface area contributed by atoms with Crippen molar-refractivity contribution in [2.75, 3.05) is 5.32 Å². The fourth-order valence-electron chi connectivity index (χ4n) is 2.91. The second-order valence-electron chi connectivity index (χ2n) is 6.57. The van der Waals surface area contributed by atoms with Crippen molar-refractivity contribution in [1.29, 1.82) is 0 Å². The van der Waals surface area contributed by atoms with Gasteiger partial charge in [0.25, 0.3) is 11.5 Å². The highest BCUT2D eigenvalue weighted by Gasteiger charge is 2.17. The first-order chi connectivity index (χ1) is 13.5. The number of hydrogen-bond donors (Lipinski definition) is 2. The molecule has 0 spiro atoms. The van der Waals surface area contributed by atoms with Gasteiger partial charge < -0.3 is 9.84 Å². The summed E-state index contributed by atoms with van der Waals surface area (Å²) < 4.78 is 6.50. The average molecular weight is 377 g/mol. The number of anilines is 1. The van der Waals surface area contributed by atoms with Crippen LogP contribution in [-0.2, 0) is 6.42 Å². The number of nitrogens with zero attached hydrogens (tertiary/aromatic N) is 3. The molecule has 0 unspecified atom stereocenters. The molecular formula is C20H19N5O3. The summed E-state index contributed by atoms with van der Waals surface area (Å²) in [6.45, 7) is 4.01. The van der Waals surface area contributed by atoms with Gasteiger partial charge in [0.05, 0.1) is 0 Å². The fraction of sp³-hybridized carbons (Fsp3) is 0.200. The zero-order valence-electron chi connectivity index (χ0n) is 15.5. The number of amides is 1. The number of H-pyrrole nitrogens is 1. The van der Waals surface area contributed by atoms with E-state index in [-0.39, 0.29) is 22.7 Å². The van der Waals surface area contributed by atoms with Crippen molar-refractivity contribution >= 4 is 17.2 Å². The molecule has 142 valence electrons. The first-order valence-corrected chi connectivity index (χ1v) is 9.00. The summed E-state index contributed by atoms with van der Waals surface area (Å²) in [7, 11) is 0. The quantitative estimate of drug-likeness (QED) is 0.556. The third kappa shape index (κ3) is 3.32. The van der Waals surface area contributed by atoms with Gasteiger partial charge in [0.1, 0.15) is 22.7 Å². The number of aromatic amines is 1. The van der Waals surface area contributed by atoms with Crippen LogP contribution in [-0.4, -0.2) is 25.7 Å². The average Bonchev–Trinajstić information content (AvgIpc) is 3.31. The first-order valence-electron chi connectivity index (χ1n) is 9.00. The standard InChI is InChI=1S/C20H19N5O3/c1-3-4-14-9-17(24-28-14)16-10-18(26)25-19(23-16)15(11-21-25)20(27)22-13-7-5-12(2)6-8-13/h5-11,21H,3-4H2,1-2H3,(H,22,27). The van der Waals surface area contributed by atoms with Crippen molar-refractivity contribution in [1.82, 2.24) is 19.8 Å². The Bertz CT molecular complexity index is 1200. The first kappa shape index (κ1) is 17.7. The normalized spacial score (nSPS) is 11.1. The van der Waals surface area contributed by atoms with E-state index < -0.39 is 0 Å². The molecule has 0 radical (unpaired) electrons. The van der Waals surface area contributed by atoms with Crippen LogP contribution in [0.4, 0.5) is 5.69 Å². The van der Waals surface area contributed by atoms with Gasteiger partial charge in [0, 0.05) is 30.4 Å². The summed E-state index contributed by atoms with van der Waals surface area (Å²) in [4.78, 5) is 29.6. The largest absolute Gasteiger partial charge is 0.361 e. The number of carbonyl (C=O) groups is 1. The van der Waals surface area contributed by atoms with Crippen LogP contribution in [0.1, 0.15) is 35.0 Å². The second-order valence-corrected chi connectivity index (χ2v) is 6.57. The molecule has 3 aromatic heterocycles. The molecule has 8 nitrogen and oxygen atoms in total. The number of aromatic nitrogens is 4. The van der Waals surface area contributed by atoms with Crippen molar-refractivity contribution in [3.63, 3.8) is 0 Å². The number of benzene rings is 1. The highest BCUT2D eigenvalue weighted by Crippen LogP contribution is 2.19. The van der Waals surface area contributed by atoms with Crippen LogP contribution in [0.5, 0.6) is 0 Å². The van der Waals surface area contributed by atoms with Gasteiger partial charge >= 0.3 is 0 Å². The molecule has 0 aliphatic carbocycles. The predicted octanol–water partition coefficient (Wildman–Crippen LogP) is 3.19. The fourth-order valence-corrected chi connectivity index (χ4v) is 2.91. The van der Waals surface area contributed by atoms with E-state index in [9.17, 15) is 9.59 Å². The van der Waals surface area contributed by atoms with E-state index in [0.717, 1.165) is 24.2 Å². The van der Waals surface area contributed by atoms with E-state index in [0.29, 0.717) is 17.1 Å². The second kappa shape index (κ2) is 7.15. The molecule has 0 aliphatic rings. The minimum atomic E-state index is -0.363. The van der Waals surface area contributed by atoms with E-state index >= 15 is 0 Å². The van der Waals surface area contributed by atoms with Gasteiger partial charge in [0.2, 0.25) is 0 Å². The molecule has 0 bridgehead atoms. The minimum Gasteiger partial charge on any atom is -0.361 e. The topological polar surface area (TPSA) is 105 Å². The summed E-state index contributed by atoms with van der Waals surface area (Å²) >= 11 is 0.